The van der Waals surface area contributed by atoms with Crippen LogP contribution in [0.15, 0.2) is 120 Å². The molecule has 188 valence electrons. The summed E-state index contributed by atoms with van der Waals surface area (Å²) >= 11 is 6.19. The van der Waals surface area contributed by atoms with Crippen LogP contribution < -0.4 is 4.72 Å². The summed E-state index contributed by atoms with van der Waals surface area (Å²) in [6, 6.07) is 33.3. The largest absolute Gasteiger partial charge is 0.463 e. The molecule has 0 aromatic heterocycles. The van der Waals surface area contributed by atoms with Gasteiger partial charge in [-0.1, -0.05) is 102 Å². The first-order valence-electron chi connectivity index (χ1n) is 12.0. The second-order valence-corrected chi connectivity index (χ2v) is 10.1. The molecule has 0 bridgehead atoms. The van der Waals surface area contributed by atoms with Crippen molar-refractivity contribution < 1.29 is 13.7 Å². The zero-order chi connectivity index (χ0) is 26.2. The van der Waals surface area contributed by atoms with Gasteiger partial charge in [0.25, 0.3) is 0 Å². The van der Waals surface area contributed by atoms with Gasteiger partial charge >= 0.3 is 5.97 Å². The molecule has 4 aromatic carbocycles. The summed E-state index contributed by atoms with van der Waals surface area (Å²) in [4.78, 5) is 14.3. The fourth-order valence-electron chi connectivity index (χ4n) is 4.05. The van der Waals surface area contributed by atoms with Crippen molar-refractivity contribution in [1.82, 2.24) is 4.72 Å². The van der Waals surface area contributed by atoms with E-state index in [1.54, 1.807) is 19.1 Å². The van der Waals surface area contributed by atoms with E-state index in [0.717, 1.165) is 22.3 Å². The van der Waals surface area contributed by atoms with Gasteiger partial charge in [-0.3, -0.25) is 0 Å². The van der Waals surface area contributed by atoms with E-state index in [4.69, 9.17) is 16.3 Å². The lowest BCUT2D eigenvalue weighted by molar-refractivity contribution is -0.138. The second-order valence-electron chi connectivity index (χ2n) is 8.43. The minimum atomic E-state index is -1.62. The molecule has 6 heteroatoms. The number of rotatable bonds is 9. The number of esters is 1. The van der Waals surface area contributed by atoms with Gasteiger partial charge in [-0.05, 0) is 54.8 Å². The lowest BCUT2D eigenvalue weighted by Crippen LogP contribution is -2.30. The summed E-state index contributed by atoms with van der Waals surface area (Å²) in [6.45, 7) is 3.95. The van der Waals surface area contributed by atoms with Gasteiger partial charge in [-0.15, -0.1) is 0 Å². The summed E-state index contributed by atoms with van der Waals surface area (Å²) in [5.74, 6) is -0.487. The standard InChI is InChI=1S/C31H28ClNO3S/c1-3-36-31(34)29(28(23-10-6-4-7-11-23)24-12-8-5-9-13-24)30(25-16-18-26(32)19-17-25)33-37(35)27-20-14-22(2)15-21-27/h4-21,30,33H,3H2,1-2H3/t30-,37?/m0/s1. The third-order valence-corrected chi connectivity index (χ3v) is 7.24. The van der Waals surface area contributed by atoms with Crippen LogP contribution in [-0.2, 0) is 20.5 Å². The molecule has 0 aliphatic heterocycles. The Bertz CT molecular complexity index is 1340. The maximum absolute atomic E-state index is 13.7. The number of aryl methyl sites for hydroxylation is 1. The van der Waals surface area contributed by atoms with Crippen molar-refractivity contribution in [2.75, 3.05) is 6.61 Å². The van der Waals surface area contributed by atoms with Crippen molar-refractivity contribution in [2.45, 2.75) is 24.8 Å². The lowest BCUT2D eigenvalue weighted by atomic mass is 9.87. The summed E-state index contributed by atoms with van der Waals surface area (Å²) in [6.07, 6.45) is 0. The van der Waals surface area contributed by atoms with Gasteiger partial charge in [-0.2, -0.15) is 0 Å². The minimum absolute atomic E-state index is 0.202. The third kappa shape index (κ3) is 6.63. The van der Waals surface area contributed by atoms with Crippen LogP contribution in [0.4, 0.5) is 0 Å². The molecular formula is C31H28ClNO3S. The van der Waals surface area contributed by atoms with E-state index >= 15 is 0 Å². The molecule has 0 fully saturated rings. The van der Waals surface area contributed by atoms with Crippen LogP contribution in [0.5, 0.6) is 0 Å². The van der Waals surface area contributed by atoms with Crippen molar-refractivity contribution in [3.05, 3.63) is 142 Å². The average molecular weight is 530 g/mol. The number of hydrogen-bond acceptors (Lipinski definition) is 3. The van der Waals surface area contributed by atoms with E-state index in [9.17, 15) is 9.00 Å². The Morgan fingerprint density at radius 1 is 0.838 bits per heavy atom. The van der Waals surface area contributed by atoms with E-state index in [0.29, 0.717) is 21.1 Å². The Hall–Kier alpha value is -3.51. The number of carbonyl (C=O) groups excluding carboxylic acids is 1. The van der Waals surface area contributed by atoms with Crippen LogP contribution in [-0.4, -0.2) is 16.8 Å². The SMILES string of the molecule is CCOC(=O)C(=C(c1ccccc1)c1ccccc1)[C@@H](NS(=O)c1ccc(C)cc1)c1ccc(Cl)cc1. The minimum Gasteiger partial charge on any atom is -0.463 e. The van der Waals surface area contributed by atoms with Gasteiger partial charge in [0.05, 0.1) is 23.1 Å². The molecule has 4 nitrogen and oxygen atoms in total. The molecule has 0 heterocycles. The predicted octanol–water partition coefficient (Wildman–Crippen LogP) is 7.07. The highest BCUT2D eigenvalue weighted by Gasteiger charge is 2.30. The molecule has 0 aliphatic rings. The Kier molecular flexibility index (Phi) is 9.07. The molecule has 0 aliphatic carbocycles. The molecule has 0 spiro atoms. The molecule has 0 saturated carbocycles. The van der Waals surface area contributed by atoms with Crippen LogP contribution in [0.3, 0.4) is 0 Å². The van der Waals surface area contributed by atoms with Crippen LogP contribution in [0.25, 0.3) is 5.57 Å². The van der Waals surface area contributed by atoms with Crippen LogP contribution in [0, 0.1) is 6.92 Å². The average Bonchev–Trinajstić information content (AvgIpc) is 2.92. The van der Waals surface area contributed by atoms with Gasteiger partial charge in [0.1, 0.15) is 11.0 Å². The lowest BCUT2D eigenvalue weighted by Gasteiger charge is -2.25. The van der Waals surface area contributed by atoms with Gasteiger partial charge in [-0.25, -0.2) is 13.7 Å². The van der Waals surface area contributed by atoms with Gasteiger partial charge in [0.15, 0.2) is 0 Å². The van der Waals surface area contributed by atoms with Gasteiger partial charge in [0, 0.05) is 10.6 Å². The van der Waals surface area contributed by atoms with Crippen molar-refractivity contribution in [2.24, 2.45) is 0 Å². The molecule has 4 rings (SSSR count). The quantitative estimate of drug-likeness (QED) is 0.186. The molecule has 1 unspecified atom stereocenters. The van der Waals surface area contributed by atoms with Crippen LogP contribution in [0.1, 0.15) is 35.2 Å². The number of nitrogens with one attached hydrogen (secondary N) is 1. The Balaban J connectivity index is 1.97. The topological polar surface area (TPSA) is 55.4 Å². The van der Waals surface area contributed by atoms with Crippen molar-refractivity contribution >= 4 is 34.1 Å². The first-order valence-corrected chi connectivity index (χ1v) is 13.5. The van der Waals surface area contributed by atoms with E-state index < -0.39 is 23.0 Å². The van der Waals surface area contributed by atoms with Gasteiger partial charge in [0.2, 0.25) is 0 Å². The van der Waals surface area contributed by atoms with Crippen molar-refractivity contribution in [3.63, 3.8) is 0 Å². The molecule has 37 heavy (non-hydrogen) atoms. The van der Waals surface area contributed by atoms with E-state index in [-0.39, 0.29) is 6.61 Å². The van der Waals surface area contributed by atoms with Crippen molar-refractivity contribution in [1.29, 1.82) is 0 Å². The second kappa shape index (κ2) is 12.6. The van der Waals surface area contributed by atoms with E-state index in [1.807, 2.05) is 104 Å². The molecule has 2 atom stereocenters. The number of ether oxygens (including phenoxy) is 1. The molecule has 1 N–H and O–H groups in total. The summed E-state index contributed by atoms with van der Waals surface area (Å²) in [7, 11) is -1.62. The summed E-state index contributed by atoms with van der Waals surface area (Å²) in [5.41, 5.74) is 4.56. The number of benzene rings is 4. The Morgan fingerprint density at radius 2 is 1.38 bits per heavy atom. The zero-order valence-corrected chi connectivity index (χ0v) is 22.3. The smallest absolute Gasteiger partial charge is 0.336 e. The Morgan fingerprint density at radius 3 is 1.89 bits per heavy atom. The van der Waals surface area contributed by atoms with Crippen molar-refractivity contribution in [3.8, 4) is 0 Å². The fourth-order valence-corrected chi connectivity index (χ4v) is 5.16. The number of carbonyl (C=O) groups is 1. The monoisotopic (exact) mass is 529 g/mol. The number of halogens is 1. The first kappa shape index (κ1) is 26.6. The first-order chi connectivity index (χ1) is 18.0. The molecular weight excluding hydrogens is 502 g/mol. The maximum atomic E-state index is 13.7. The molecule has 4 aromatic rings. The van der Waals surface area contributed by atoms with Crippen LogP contribution >= 0.6 is 11.6 Å². The fraction of sp³-hybridized carbons (Fsp3) is 0.129. The molecule has 0 radical (unpaired) electrons. The molecule has 0 saturated heterocycles. The van der Waals surface area contributed by atoms with Gasteiger partial charge < -0.3 is 4.74 Å². The summed E-state index contributed by atoms with van der Waals surface area (Å²) < 4.78 is 22.4. The number of hydrogen-bond donors (Lipinski definition) is 1. The zero-order valence-electron chi connectivity index (χ0n) is 20.7. The summed E-state index contributed by atoms with van der Waals surface area (Å²) in [5, 5.41) is 0.565. The highest BCUT2D eigenvalue weighted by Crippen LogP contribution is 2.36. The normalized spacial score (nSPS) is 12.4. The highest BCUT2D eigenvalue weighted by atomic mass is 35.5. The molecule has 0 amide bonds. The van der Waals surface area contributed by atoms with Crippen LogP contribution in [0.2, 0.25) is 5.02 Å². The Labute approximate surface area is 225 Å². The van der Waals surface area contributed by atoms with E-state index in [1.165, 1.54) is 0 Å². The predicted molar refractivity (Wildman–Crippen MR) is 150 cm³/mol. The maximum Gasteiger partial charge on any atom is 0.336 e. The van der Waals surface area contributed by atoms with E-state index in [2.05, 4.69) is 4.72 Å². The third-order valence-electron chi connectivity index (χ3n) is 5.84. The highest BCUT2D eigenvalue weighted by molar-refractivity contribution is 7.83.